The zero-order valence-electron chi connectivity index (χ0n) is 11.0. The Bertz CT molecular complexity index is 197. The molecule has 0 aromatic rings. The van der Waals surface area contributed by atoms with Crippen LogP contribution >= 0.6 is 0 Å². The van der Waals surface area contributed by atoms with Crippen molar-refractivity contribution in [2.24, 2.45) is 11.8 Å². The minimum atomic E-state index is 0.771. The molecule has 94 valence electrons. The first-order valence-electron chi connectivity index (χ1n) is 7.24. The monoisotopic (exact) mass is 224 g/mol. The number of hydrogen-bond acceptors (Lipinski definition) is 2. The van der Waals surface area contributed by atoms with E-state index in [-0.39, 0.29) is 0 Å². The summed E-state index contributed by atoms with van der Waals surface area (Å²) in [5.74, 6) is 1.78. The van der Waals surface area contributed by atoms with Crippen LogP contribution in [0.1, 0.15) is 52.4 Å². The lowest BCUT2D eigenvalue weighted by atomic mass is 9.77. The van der Waals surface area contributed by atoms with Crippen LogP contribution in [0.25, 0.3) is 0 Å². The molecule has 16 heavy (non-hydrogen) atoms. The fourth-order valence-corrected chi connectivity index (χ4v) is 3.31. The van der Waals surface area contributed by atoms with E-state index in [1.54, 1.807) is 0 Å². The zero-order valence-corrected chi connectivity index (χ0v) is 11.0. The lowest BCUT2D eigenvalue weighted by Gasteiger charge is -2.37. The Kier molecular flexibility index (Phi) is 4.66. The van der Waals surface area contributed by atoms with Crippen LogP contribution in [0.5, 0.6) is 0 Å². The van der Waals surface area contributed by atoms with E-state index in [2.05, 4.69) is 24.5 Å². The molecule has 1 heterocycles. The molecule has 2 nitrogen and oxygen atoms in total. The summed E-state index contributed by atoms with van der Waals surface area (Å²) in [4.78, 5) is 0. The third-order valence-corrected chi connectivity index (χ3v) is 4.73. The van der Waals surface area contributed by atoms with Gasteiger partial charge < -0.3 is 10.6 Å². The molecule has 1 saturated heterocycles. The van der Waals surface area contributed by atoms with Crippen molar-refractivity contribution in [1.82, 2.24) is 10.6 Å². The lowest BCUT2D eigenvalue weighted by molar-refractivity contribution is 0.190. The van der Waals surface area contributed by atoms with Gasteiger partial charge in [0.25, 0.3) is 0 Å². The summed E-state index contributed by atoms with van der Waals surface area (Å²) in [6.07, 6.45) is 8.28. The van der Waals surface area contributed by atoms with Crippen molar-refractivity contribution < 1.29 is 0 Å². The second-order valence-corrected chi connectivity index (χ2v) is 5.92. The highest BCUT2D eigenvalue weighted by Crippen LogP contribution is 2.30. The number of rotatable bonds is 2. The largest absolute Gasteiger partial charge is 0.317 e. The maximum atomic E-state index is 3.94. The van der Waals surface area contributed by atoms with Crippen LogP contribution in [0.3, 0.4) is 0 Å². The molecule has 2 heteroatoms. The van der Waals surface area contributed by atoms with Gasteiger partial charge in [0, 0.05) is 12.1 Å². The summed E-state index contributed by atoms with van der Waals surface area (Å²) in [7, 11) is 0. The zero-order chi connectivity index (χ0) is 11.4. The molecule has 2 N–H and O–H groups in total. The molecule has 2 rings (SSSR count). The molecule has 1 saturated carbocycles. The van der Waals surface area contributed by atoms with Crippen molar-refractivity contribution in [3.8, 4) is 0 Å². The summed E-state index contributed by atoms with van der Waals surface area (Å²) in [6, 6.07) is 1.56. The quantitative estimate of drug-likeness (QED) is 0.753. The highest BCUT2D eigenvalue weighted by Gasteiger charge is 2.28. The highest BCUT2D eigenvalue weighted by atomic mass is 15.0. The van der Waals surface area contributed by atoms with Gasteiger partial charge in [-0.2, -0.15) is 0 Å². The van der Waals surface area contributed by atoms with Gasteiger partial charge in [0.15, 0.2) is 0 Å². The lowest BCUT2D eigenvalue weighted by Crippen LogP contribution is -2.46. The molecular weight excluding hydrogens is 196 g/mol. The van der Waals surface area contributed by atoms with Gasteiger partial charge in [0.2, 0.25) is 0 Å². The Morgan fingerprint density at radius 1 is 0.938 bits per heavy atom. The van der Waals surface area contributed by atoms with Crippen LogP contribution in [0.2, 0.25) is 0 Å². The van der Waals surface area contributed by atoms with E-state index in [0.29, 0.717) is 0 Å². The third-order valence-electron chi connectivity index (χ3n) is 4.73. The van der Waals surface area contributed by atoms with Crippen LogP contribution in [0.15, 0.2) is 0 Å². The van der Waals surface area contributed by atoms with Crippen LogP contribution in [0.4, 0.5) is 0 Å². The van der Waals surface area contributed by atoms with Crippen molar-refractivity contribution >= 4 is 0 Å². The molecule has 4 unspecified atom stereocenters. The topological polar surface area (TPSA) is 24.1 Å². The second-order valence-electron chi connectivity index (χ2n) is 5.92. The number of hydrogen-bond donors (Lipinski definition) is 2. The van der Waals surface area contributed by atoms with E-state index in [4.69, 9.17) is 0 Å². The number of nitrogens with one attached hydrogen (secondary N) is 2. The first-order chi connectivity index (χ1) is 7.77. The van der Waals surface area contributed by atoms with Crippen molar-refractivity contribution in [3.05, 3.63) is 0 Å². The molecule has 0 spiro atoms. The van der Waals surface area contributed by atoms with Gasteiger partial charge in [-0.15, -0.1) is 0 Å². The Morgan fingerprint density at radius 3 is 2.69 bits per heavy atom. The normalized spacial score (nSPS) is 41.6. The van der Waals surface area contributed by atoms with Gasteiger partial charge in [0.05, 0.1) is 0 Å². The van der Waals surface area contributed by atoms with Gasteiger partial charge in [-0.1, -0.05) is 26.7 Å². The Balaban J connectivity index is 1.82. The Morgan fingerprint density at radius 2 is 1.81 bits per heavy atom. The smallest absolute Gasteiger partial charge is 0.00978 e. The summed E-state index contributed by atoms with van der Waals surface area (Å²) >= 11 is 0. The molecule has 0 radical (unpaired) electrons. The van der Waals surface area contributed by atoms with Crippen molar-refractivity contribution in [1.29, 1.82) is 0 Å². The van der Waals surface area contributed by atoms with Crippen LogP contribution in [0, 0.1) is 11.8 Å². The van der Waals surface area contributed by atoms with Crippen molar-refractivity contribution in [2.75, 3.05) is 13.1 Å². The van der Waals surface area contributed by atoms with E-state index in [1.165, 1.54) is 51.6 Å². The van der Waals surface area contributed by atoms with Gasteiger partial charge in [-0.05, 0) is 50.6 Å². The fourth-order valence-electron chi connectivity index (χ4n) is 3.31. The molecule has 1 aliphatic heterocycles. The standard InChI is InChI=1S/C14H28N2/c1-11-5-3-7-14(12(11)2)16-13-6-4-9-15-10-8-13/h11-16H,3-10H2,1-2H3. The van der Waals surface area contributed by atoms with Crippen LogP contribution in [-0.4, -0.2) is 25.2 Å². The summed E-state index contributed by atoms with van der Waals surface area (Å²) < 4.78 is 0. The van der Waals surface area contributed by atoms with Gasteiger partial charge in [0.1, 0.15) is 0 Å². The molecule has 1 aliphatic carbocycles. The minimum absolute atomic E-state index is 0.771. The molecule has 0 bridgehead atoms. The molecule has 0 aromatic heterocycles. The van der Waals surface area contributed by atoms with E-state index in [9.17, 15) is 0 Å². The van der Waals surface area contributed by atoms with Crippen LogP contribution in [-0.2, 0) is 0 Å². The molecule has 4 atom stereocenters. The first-order valence-corrected chi connectivity index (χ1v) is 7.24. The first kappa shape index (κ1) is 12.4. The Labute approximate surface area is 101 Å². The van der Waals surface area contributed by atoms with Gasteiger partial charge in [-0.25, -0.2) is 0 Å². The van der Waals surface area contributed by atoms with E-state index >= 15 is 0 Å². The highest BCUT2D eigenvalue weighted by molar-refractivity contribution is 4.85. The molecule has 0 amide bonds. The minimum Gasteiger partial charge on any atom is -0.317 e. The summed E-state index contributed by atoms with van der Waals surface area (Å²) in [6.45, 7) is 7.28. The summed E-state index contributed by atoms with van der Waals surface area (Å²) in [5.41, 5.74) is 0. The molecule has 2 aliphatic rings. The molecular formula is C14H28N2. The molecule has 2 fully saturated rings. The predicted octanol–water partition coefficient (Wildman–Crippen LogP) is 2.54. The average Bonchev–Trinajstić information content (AvgIpc) is 2.53. The van der Waals surface area contributed by atoms with E-state index < -0.39 is 0 Å². The van der Waals surface area contributed by atoms with Gasteiger partial charge in [-0.3, -0.25) is 0 Å². The average molecular weight is 224 g/mol. The molecule has 0 aromatic carbocycles. The van der Waals surface area contributed by atoms with E-state index in [0.717, 1.165) is 23.9 Å². The SMILES string of the molecule is CC1CCCC(NC2CCCNCC2)C1C. The fraction of sp³-hybridized carbons (Fsp3) is 1.00. The third kappa shape index (κ3) is 3.21. The van der Waals surface area contributed by atoms with E-state index in [1.807, 2.05) is 0 Å². The maximum Gasteiger partial charge on any atom is 0.00978 e. The van der Waals surface area contributed by atoms with Crippen LogP contribution < -0.4 is 10.6 Å². The van der Waals surface area contributed by atoms with Gasteiger partial charge >= 0.3 is 0 Å². The van der Waals surface area contributed by atoms with Crippen molar-refractivity contribution in [2.45, 2.75) is 64.5 Å². The predicted molar refractivity (Wildman–Crippen MR) is 69.6 cm³/mol. The maximum absolute atomic E-state index is 3.94. The van der Waals surface area contributed by atoms with Crippen molar-refractivity contribution in [3.63, 3.8) is 0 Å². The summed E-state index contributed by atoms with van der Waals surface area (Å²) in [5, 5.41) is 7.43. The Hall–Kier alpha value is -0.0800. The second kappa shape index (κ2) is 6.02.